The summed E-state index contributed by atoms with van der Waals surface area (Å²) < 4.78 is 14.6. The predicted molar refractivity (Wildman–Crippen MR) is 110 cm³/mol. The summed E-state index contributed by atoms with van der Waals surface area (Å²) in [5.74, 6) is -1.33. The van der Waals surface area contributed by atoms with Crippen LogP contribution in [0.4, 0.5) is 4.39 Å². The van der Waals surface area contributed by atoms with Gasteiger partial charge in [-0.1, -0.05) is 0 Å². The van der Waals surface area contributed by atoms with Gasteiger partial charge < -0.3 is 10.6 Å². The van der Waals surface area contributed by atoms with Crippen LogP contribution in [0.1, 0.15) is 32.2 Å². The molecule has 4 rings (SSSR count). The predicted octanol–water partition coefficient (Wildman–Crippen LogP) is 1.97. The summed E-state index contributed by atoms with van der Waals surface area (Å²) in [6.07, 6.45) is 2.15. The third-order valence-electron chi connectivity index (χ3n) is 5.10. The van der Waals surface area contributed by atoms with Gasteiger partial charge in [-0.25, -0.2) is 9.37 Å². The lowest BCUT2D eigenvalue weighted by molar-refractivity contribution is -0.131. The molecule has 2 N–H and O–H groups in total. The molecule has 7 nitrogen and oxygen atoms in total. The van der Waals surface area contributed by atoms with E-state index in [4.69, 9.17) is 5.73 Å². The molecule has 1 aliphatic heterocycles. The number of primary amides is 1. The topological polar surface area (TPSA) is 98.3 Å². The fourth-order valence-electron chi connectivity index (χ4n) is 3.67. The first-order chi connectivity index (χ1) is 14.3. The molecular weight excluding hydrogens is 407 g/mol. The van der Waals surface area contributed by atoms with Gasteiger partial charge in [0.15, 0.2) is 0 Å². The van der Waals surface area contributed by atoms with Crippen molar-refractivity contribution >= 4 is 23.2 Å². The zero-order valence-electron chi connectivity index (χ0n) is 16.2. The van der Waals surface area contributed by atoms with Gasteiger partial charge in [-0.15, -0.1) is 11.3 Å². The Bertz CT molecular complexity index is 1200. The molecule has 2 amide bonds. The molecule has 3 heterocycles. The molecule has 0 saturated heterocycles. The number of pyridine rings is 1. The summed E-state index contributed by atoms with van der Waals surface area (Å²) in [6.45, 7) is 2.52. The van der Waals surface area contributed by atoms with Crippen LogP contribution in [-0.2, 0) is 24.2 Å². The minimum Gasteiger partial charge on any atom is -0.365 e. The Kier molecular flexibility index (Phi) is 5.21. The first-order valence-corrected chi connectivity index (χ1v) is 10.2. The highest BCUT2D eigenvalue weighted by Crippen LogP contribution is 2.23. The van der Waals surface area contributed by atoms with Gasteiger partial charge in [0.05, 0.1) is 17.1 Å². The second-order valence-electron chi connectivity index (χ2n) is 7.12. The summed E-state index contributed by atoms with van der Waals surface area (Å²) >= 11 is 1.49. The second kappa shape index (κ2) is 7.83. The second-order valence-corrected chi connectivity index (χ2v) is 8.19. The Balaban J connectivity index is 1.70. The SMILES string of the molecule is Cc1nc(CC(=O)N2CCc3c(cn(-c4ccc(F)cc4)c(=O)c3C(N)=O)C2)cs1. The molecule has 1 aromatic carbocycles. The van der Waals surface area contributed by atoms with Crippen LogP contribution in [0, 0.1) is 12.7 Å². The van der Waals surface area contributed by atoms with Crippen LogP contribution in [-0.4, -0.2) is 32.8 Å². The lowest BCUT2D eigenvalue weighted by Crippen LogP contribution is -2.40. The number of aromatic nitrogens is 2. The maximum atomic E-state index is 13.3. The van der Waals surface area contributed by atoms with Crippen molar-refractivity contribution in [2.24, 2.45) is 5.73 Å². The number of carbonyl (C=O) groups excluding carboxylic acids is 2. The number of hydrogen-bond acceptors (Lipinski definition) is 5. The summed E-state index contributed by atoms with van der Waals surface area (Å²) in [6, 6.07) is 5.36. The standard InChI is InChI=1S/C21H19FN4O3S/c1-12-24-15(11-30-12)8-18(27)25-7-6-17-13(9-25)10-26(21(29)19(17)20(23)28)16-4-2-14(22)3-5-16/h2-5,10-11H,6-9H2,1H3,(H2,23,28). The van der Waals surface area contributed by atoms with E-state index in [1.165, 1.54) is 40.2 Å². The largest absolute Gasteiger partial charge is 0.365 e. The van der Waals surface area contributed by atoms with Crippen LogP contribution in [0.15, 0.2) is 40.6 Å². The molecule has 0 aliphatic carbocycles. The highest BCUT2D eigenvalue weighted by molar-refractivity contribution is 7.09. The summed E-state index contributed by atoms with van der Waals surface area (Å²) in [4.78, 5) is 43.7. The summed E-state index contributed by atoms with van der Waals surface area (Å²) in [7, 11) is 0. The molecule has 0 bridgehead atoms. The van der Waals surface area contributed by atoms with Gasteiger partial charge in [-0.2, -0.15) is 0 Å². The van der Waals surface area contributed by atoms with Gasteiger partial charge in [0.1, 0.15) is 11.4 Å². The Morgan fingerprint density at radius 3 is 2.63 bits per heavy atom. The Hall–Kier alpha value is -3.33. The lowest BCUT2D eigenvalue weighted by Gasteiger charge is -2.30. The molecule has 1 aliphatic rings. The molecule has 154 valence electrons. The third kappa shape index (κ3) is 3.76. The number of halogens is 1. The van der Waals surface area contributed by atoms with Crippen molar-refractivity contribution < 1.29 is 14.0 Å². The van der Waals surface area contributed by atoms with Crippen LogP contribution < -0.4 is 11.3 Å². The number of benzene rings is 1. The Morgan fingerprint density at radius 1 is 1.27 bits per heavy atom. The normalized spacial score (nSPS) is 13.2. The smallest absolute Gasteiger partial charge is 0.268 e. The fraction of sp³-hybridized carbons (Fsp3) is 0.238. The number of amides is 2. The molecule has 0 fully saturated rings. The maximum absolute atomic E-state index is 13.3. The van der Waals surface area contributed by atoms with E-state index in [0.717, 1.165) is 10.7 Å². The molecule has 0 atom stereocenters. The number of nitrogens with two attached hydrogens (primary N) is 1. The fourth-order valence-corrected chi connectivity index (χ4v) is 4.28. The number of carbonyl (C=O) groups is 2. The van der Waals surface area contributed by atoms with Crippen molar-refractivity contribution in [3.05, 3.63) is 79.4 Å². The van der Waals surface area contributed by atoms with E-state index < -0.39 is 17.3 Å². The Morgan fingerprint density at radius 2 is 2.00 bits per heavy atom. The van der Waals surface area contributed by atoms with Crippen molar-refractivity contribution in [3.8, 4) is 5.69 Å². The average molecular weight is 426 g/mol. The van der Waals surface area contributed by atoms with E-state index in [1.54, 1.807) is 11.1 Å². The van der Waals surface area contributed by atoms with E-state index in [-0.39, 0.29) is 24.4 Å². The first kappa shape index (κ1) is 20.0. The van der Waals surface area contributed by atoms with E-state index in [1.807, 2.05) is 12.3 Å². The molecule has 2 aromatic heterocycles. The highest BCUT2D eigenvalue weighted by Gasteiger charge is 2.27. The van der Waals surface area contributed by atoms with Gasteiger partial charge in [-0.3, -0.25) is 19.0 Å². The Labute approximate surface area is 175 Å². The quantitative estimate of drug-likeness (QED) is 0.690. The van der Waals surface area contributed by atoms with E-state index in [9.17, 15) is 18.8 Å². The van der Waals surface area contributed by atoms with Crippen molar-refractivity contribution in [2.75, 3.05) is 6.54 Å². The van der Waals surface area contributed by atoms with E-state index in [2.05, 4.69) is 4.98 Å². The van der Waals surface area contributed by atoms with Gasteiger partial charge in [0, 0.05) is 30.4 Å². The van der Waals surface area contributed by atoms with Crippen molar-refractivity contribution in [1.29, 1.82) is 0 Å². The molecule has 9 heteroatoms. The molecule has 0 saturated carbocycles. The lowest BCUT2D eigenvalue weighted by atomic mass is 9.95. The van der Waals surface area contributed by atoms with Gasteiger partial charge >= 0.3 is 0 Å². The third-order valence-corrected chi connectivity index (χ3v) is 5.93. The van der Waals surface area contributed by atoms with Crippen molar-refractivity contribution in [1.82, 2.24) is 14.5 Å². The monoisotopic (exact) mass is 426 g/mol. The molecular formula is C21H19FN4O3S. The average Bonchev–Trinajstić information content (AvgIpc) is 3.12. The zero-order valence-corrected chi connectivity index (χ0v) is 17.0. The molecule has 3 aromatic rings. The summed E-state index contributed by atoms with van der Waals surface area (Å²) in [5.41, 5.74) is 7.25. The number of fused-ring (bicyclic) bond motifs is 1. The van der Waals surface area contributed by atoms with Crippen molar-refractivity contribution in [3.63, 3.8) is 0 Å². The van der Waals surface area contributed by atoms with Crippen LogP contribution in [0.25, 0.3) is 5.69 Å². The molecule has 30 heavy (non-hydrogen) atoms. The number of aryl methyl sites for hydroxylation is 1. The van der Waals surface area contributed by atoms with Crippen LogP contribution >= 0.6 is 11.3 Å². The van der Waals surface area contributed by atoms with Gasteiger partial charge in [-0.05, 0) is 48.7 Å². The number of rotatable bonds is 4. The van der Waals surface area contributed by atoms with Gasteiger partial charge in [0.2, 0.25) is 5.91 Å². The molecule has 0 spiro atoms. The van der Waals surface area contributed by atoms with E-state index in [0.29, 0.717) is 29.8 Å². The minimum atomic E-state index is -0.814. The molecule has 0 radical (unpaired) electrons. The number of hydrogen-bond donors (Lipinski definition) is 1. The highest BCUT2D eigenvalue weighted by atomic mass is 32.1. The van der Waals surface area contributed by atoms with Crippen LogP contribution in [0.2, 0.25) is 0 Å². The van der Waals surface area contributed by atoms with Gasteiger partial charge in [0.25, 0.3) is 11.5 Å². The first-order valence-electron chi connectivity index (χ1n) is 9.35. The minimum absolute atomic E-state index is 0.0777. The van der Waals surface area contributed by atoms with E-state index >= 15 is 0 Å². The van der Waals surface area contributed by atoms with Crippen LogP contribution in [0.3, 0.4) is 0 Å². The maximum Gasteiger partial charge on any atom is 0.268 e. The number of thiazole rings is 1. The van der Waals surface area contributed by atoms with Crippen LogP contribution in [0.5, 0.6) is 0 Å². The number of nitrogens with zero attached hydrogens (tertiary/aromatic N) is 3. The molecule has 0 unspecified atom stereocenters. The zero-order chi connectivity index (χ0) is 21.4. The summed E-state index contributed by atoms with van der Waals surface area (Å²) in [5, 5.41) is 2.76. The van der Waals surface area contributed by atoms with Crippen molar-refractivity contribution in [2.45, 2.75) is 26.3 Å².